The van der Waals surface area contributed by atoms with E-state index in [-0.39, 0.29) is 0 Å². The lowest BCUT2D eigenvalue weighted by Gasteiger charge is -1.96. The number of rotatable bonds is 4. The molecule has 0 spiro atoms. The zero-order valence-corrected chi connectivity index (χ0v) is 9.65. The van der Waals surface area contributed by atoms with Gasteiger partial charge in [0.2, 0.25) is 0 Å². The maximum absolute atomic E-state index is 5.72. The summed E-state index contributed by atoms with van der Waals surface area (Å²) in [6.07, 6.45) is 6.19. The molecule has 2 N–H and O–H groups in total. The molecule has 1 aromatic heterocycles. The van der Waals surface area contributed by atoms with E-state index in [0.29, 0.717) is 12.1 Å². The number of anilines is 1. The predicted molar refractivity (Wildman–Crippen MR) is 72.8 cm³/mol. The first-order valence-corrected chi connectivity index (χ1v) is 5.45. The van der Waals surface area contributed by atoms with Crippen molar-refractivity contribution < 1.29 is 4.42 Å². The van der Waals surface area contributed by atoms with E-state index < -0.39 is 0 Å². The minimum atomic E-state index is 0.712. The van der Waals surface area contributed by atoms with Crippen LogP contribution < -0.4 is 5.73 Å². The molecule has 0 fully saturated rings. The highest BCUT2D eigenvalue weighted by atomic mass is 16.3. The Bertz CT molecular complexity index is 590. The highest BCUT2D eigenvalue weighted by molar-refractivity contribution is 5.81. The van der Waals surface area contributed by atoms with E-state index in [2.05, 4.69) is 13.2 Å². The fraction of sp³-hybridized carbons (Fsp3) is 0.0667. The summed E-state index contributed by atoms with van der Waals surface area (Å²) in [6, 6.07) is 7.69. The molecule has 0 aliphatic rings. The van der Waals surface area contributed by atoms with Crippen LogP contribution in [0.5, 0.6) is 0 Å². The molecule has 0 amide bonds. The topological polar surface area (TPSA) is 39.2 Å². The van der Waals surface area contributed by atoms with Gasteiger partial charge in [0.1, 0.15) is 11.3 Å². The van der Waals surface area contributed by atoms with Crippen molar-refractivity contribution >= 4 is 16.7 Å². The minimum absolute atomic E-state index is 0.712. The third kappa shape index (κ3) is 2.48. The first-order chi connectivity index (χ1) is 8.22. The fourth-order valence-corrected chi connectivity index (χ4v) is 1.74. The van der Waals surface area contributed by atoms with Crippen LogP contribution in [0.15, 0.2) is 65.6 Å². The van der Waals surface area contributed by atoms with Crippen LogP contribution in [0.1, 0.15) is 5.76 Å². The van der Waals surface area contributed by atoms with Gasteiger partial charge in [0.05, 0.1) is 0 Å². The van der Waals surface area contributed by atoms with Crippen LogP contribution in [0.4, 0.5) is 5.69 Å². The molecular formula is C15H15NO. The van der Waals surface area contributed by atoms with E-state index in [0.717, 1.165) is 22.3 Å². The van der Waals surface area contributed by atoms with Gasteiger partial charge in [-0.1, -0.05) is 31.4 Å². The standard InChI is InChI=1S/C15H15NO/c1-3-5-11(4-2)8-14-9-12-6-7-13(16)10-15(12)17-14/h3-7,9-10H,1-2,8,16H2/b11-5+. The zero-order valence-electron chi connectivity index (χ0n) is 9.65. The Hall–Kier alpha value is -2.22. The molecule has 0 radical (unpaired) electrons. The number of fused-ring (bicyclic) bond motifs is 1. The van der Waals surface area contributed by atoms with Crippen LogP contribution in [0.25, 0.3) is 11.0 Å². The molecular weight excluding hydrogens is 210 g/mol. The number of furan rings is 1. The summed E-state index contributed by atoms with van der Waals surface area (Å²) in [6.45, 7) is 7.44. The Kier molecular flexibility index (Phi) is 3.15. The summed E-state index contributed by atoms with van der Waals surface area (Å²) in [4.78, 5) is 0. The number of nitrogen functional groups attached to an aromatic ring is 1. The zero-order chi connectivity index (χ0) is 12.3. The highest BCUT2D eigenvalue weighted by Crippen LogP contribution is 2.23. The second kappa shape index (κ2) is 4.74. The third-order valence-electron chi connectivity index (χ3n) is 2.57. The molecule has 1 heterocycles. The molecule has 2 heteroatoms. The Morgan fingerprint density at radius 2 is 2.12 bits per heavy atom. The first kappa shape index (κ1) is 11.3. The van der Waals surface area contributed by atoms with Crippen LogP contribution in [-0.2, 0) is 6.42 Å². The third-order valence-corrected chi connectivity index (χ3v) is 2.57. The van der Waals surface area contributed by atoms with Crippen molar-refractivity contribution in [3.8, 4) is 0 Å². The maximum Gasteiger partial charge on any atom is 0.136 e. The lowest BCUT2D eigenvalue weighted by molar-refractivity contribution is 0.563. The van der Waals surface area contributed by atoms with Crippen molar-refractivity contribution in [3.05, 3.63) is 67.0 Å². The van der Waals surface area contributed by atoms with Gasteiger partial charge in [-0.3, -0.25) is 0 Å². The second-order valence-electron chi connectivity index (χ2n) is 3.87. The largest absolute Gasteiger partial charge is 0.461 e. The molecule has 17 heavy (non-hydrogen) atoms. The van der Waals surface area contributed by atoms with Gasteiger partial charge in [-0.15, -0.1) is 0 Å². The Labute approximate surface area is 101 Å². The number of benzene rings is 1. The maximum atomic E-state index is 5.72. The summed E-state index contributed by atoms with van der Waals surface area (Å²) < 4.78 is 5.72. The summed E-state index contributed by atoms with van der Waals surface area (Å²) in [5.41, 5.74) is 8.32. The van der Waals surface area contributed by atoms with Crippen molar-refractivity contribution in [3.63, 3.8) is 0 Å². The van der Waals surface area contributed by atoms with E-state index >= 15 is 0 Å². The van der Waals surface area contributed by atoms with E-state index in [9.17, 15) is 0 Å². The van der Waals surface area contributed by atoms with Gasteiger partial charge >= 0.3 is 0 Å². The number of hydrogen-bond donors (Lipinski definition) is 1. The van der Waals surface area contributed by atoms with Gasteiger partial charge in [-0.2, -0.15) is 0 Å². The SMILES string of the molecule is C=C/C=C(\C=C)Cc1cc2ccc(N)cc2o1. The molecule has 0 saturated carbocycles. The average Bonchev–Trinajstić information content (AvgIpc) is 2.69. The van der Waals surface area contributed by atoms with E-state index in [1.807, 2.05) is 36.4 Å². The molecule has 86 valence electrons. The molecule has 0 aliphatic heterocycles. The fourth-order valence-electron chi connectivity index (χ4n) is 1.74. The van der Waals surface area contributed by atoms with Gasteiger partial charge in [-0.05, 0) is 23.8 Å². The monoisotopic (exact) mass is 225 g/mol. The van der Waals surface area contributed by atoms with Crippen LogP contribution >= 0.6 is 0 Å². The molecule has 1 aromatic carbocycles. The summed E-state index contributed by atoms with van der Waals surface area (Å²) in [5, 5.41) is 1.07. The summed E-state index contributed by atoms with van der Waals surface area (Å²) >= 11 is 0. The van der Waals surface area contributed by atoms with Crippen LogP contribution in [0, 0.1) is 0 Å². The van der Waals surface area contributed by atoms with E-state index in [4.69, 9.17) is 10.2 Å². The van der Waals surface area contributed by atoms with E-state index in [1.54, 1.807) is 6.08 Å². The normalized spacial score (nSPS) is 11.6. The van der Waals surface area contributed by atoms with Gasteiger partial charge in [0.15, 0.2) is 0 Å². The van der Waals surface area contributed by atoms with Crippen molar-refractivity contribution in [2.45, 2.75) is 6.42 Å². The molecule has 0 saturated heterocycles. The lowest BCUT2D eigenvalue weighted by Crippen LogP contribution is -1.83. The molecule has 2 rings (SSSR count). The van der Waals surface area contributed by atoms with Crippen molar-refractivity contribution in [2.24, 2.45) is 0 Å². The summed E-state index contributed by atoms with van der Waals surface area (Å²) in [5.74, 6) is 0.901. The number of nitrogens with two attached hydrogens (primary N) is 1. The molecule has 0 aliphatic carbocycles. The molecule has 0 bridgehead atoms. The molecule has 0 atom stereocenters. The van der Waals surface area contributed by atoms with Crippen LogP contribution in [0.2, 0.25) is 0 Å². The Morgan fingerprint density at radius 3 is 2.82 bits per heavy atom. The molecule has 2 nitrogen and oxygen atoms in total. The second-order valence-corrected chi connectivity index (χ2v) is 3.87. The Morgan fingerprint density at radius 1 is 1.29 bits per heavy atom. The van der Waals surface area contributed by atoms with Gasteiger partial charge < -0.3 is 10.2 Å². The van der Waals surface area contributed by atoms with Gasteiger partial charge in [0.25, 0.3) is 0 Å². The highest BCUT2D eigenvalue weighted by Gasteiger charge is 2.04. The molecule has 0 unspecified atom stereocenters. The number of allylic oxidation sites excluding steroid dienone is 4. The minimum Gasteiger partial charge on any atom is -0.461 e. The van der Waals surface area contributed by atoms with Crippen molar-refractivity contribution in [1.29, 1.82) is 0 Å². The van der Waals surface area contributed by atoms with Gasteiger partial charge in [0, 0.05) is 23.6 Å². The summed E-state index contributed by atoms with van der Waals surface area (Å²) in [7, 11) is 0. The predicted octanol–water partition coefficient (Wildman–Crippen LogP) is 3.86. The molecule has 2 aromatic rings. The van der Waals surface area contributed by atoms with Crippen LogP contribution in [0.3, 0.4) is 0 Å². The Balaban J connectivity index is 2.33. The van der Waals surface area contributed by atoms with E-state index in [1.165, 1.54) is 0 Å². The van der Waals surface area contributed by atoms with Crippen LogP contribution in [-0.4, -0.2) is 0 Å². The van der Waals surface area contributed by atoms with Crippen molar-refractivity contribution in [1.82, 2.24) is 0 Å². The van der Waals surface area contributed by atoms with Gasteiger partial charge in [-0.25, -0.2) is 0 Å². The number of hydrogen-bond acceptors (Lipinski definition) is 2. The average molecular weight is 225 g/mol. The first-order valence-electron chi connectivity index (χ1n) is 5.45. The van der Waals surface area contributed by atoms with Crippen molar-refractivity contribution in [2.75, 3.05) is 5.73 Å². The smallest absolute Gasteiger partial charge is 0.136 e. The lowest BCUT2D eigenvalue weighted by atomic mass is 10.1. The quantitative estimate of drug-likeness (QED) is 0.634.